The van der Waals surface area contributed by atoms with Gasteiger partial charge in [0, 0.05) is 63.5 Å². The first kappa shape index (κ1) is 23.6. The van der Waals surface area contributed by atoms with Crippen LogP contribution >= 0.6 is 0 Å². The molecule has 2 fully saturated rings. The number of hydrogen-bond donors (Lipinski definition) is 1. The van der Waals surface area contributed by atoms with Gasteiger partial charge in [0.2, 0.25) is 0 Å². The number of phenolic OH excluding ortho intramolecular Hbond substituents is 1. The van der Waals surface area contributed by atoms with E-state index in [0.29, 0.717) is 51.6 Å². The summed E-state index contributed by atoms with van der Waals surface area (Å²) >= 11 is 0. The molecule has 178 valence electrons. The second kappa shape index (κ2) is 11.6. The Kier molecular flexibility index (Phi) is 8.28. The van der Waals surface area contributed by atoms with E-state index in [9.17, 15) is 14.3 Å². The lowest BCUT2D eigenvalue weighted by molar-refractivity contribution is -0.0444. The fourth-order valence-electron chi connectivity index (χ4n) is 4.33. The molecule has 1 unspecified atom stereocenters. The van der Waals surface area contributed by atoms with Gasteiger partial charge in [-0.25, -0.2) is 4.39 Å². The van der Waals surface area contributed by atoms with Crippen molar-refractivity contribution in [3.05, 3.63) is 65.5 Å². The Morgan fingerprint density at radius 1 is 1.06 bits per heavy atom. The molecule has 2 saturated heterocycles. The maximum absolute atomic E-state index is 13.8. The van der Waals surface area contributed by atoms with Gasteiger partial charge >= 0.3 is 0 Å². The van der Waals surface area contributed by atoms with Crippen LogP contribution in [-0.4, -0.2) is 97.5 Å². The summed E-state index contributed by atoms with van der Waals surface area (Å²) in [6.07, 6.45) is -0.160. The van der Waals surface area contributed by atoms with Gasteiger partial charge in [0.25, 0.3) is 5.91 Å². The van der Waals surface area contributed by atoms with Crippen LogP contribution in [0, 0.1) is 5.82 Å². The van der Waals surface area contributed by atoms with Crippen molar-refractivity contribution < 1.29 is 23.8 Å². The zero-order valence-corrected chi connectivity index (χ0v) is 18.9. The van der Waals surface area contributed by atoms with E-state index in [1.165, 1.54) is 12.1 Å². The molecule has 1 amide bonds. The third-order valence-electron chi connectivity index (χ3n) is 6.18. The molecule has 0 radical (unpaired) electrons. The van der Waals surface area contributed by atoms with Crippen molar-refractivity contribution in [2.75, 3.05) is 65.6 Å². The first-order valence-electron chi connectivity index (χ1n) is 11.5. The quantitative estimate of drug-likeness (QED) is 0.656. The van der Waals surface area contributed by atoms with Crippen LogP contribution in [0.3, 0.4) is 0 Å². The number of phenols is 1. The molecule has 2 aromatic carbocycles. The van der Waals surface area contributed by atoms with Gasteiger partial charge in [-0.15, -0.1) is 0 Å². The van der Waals surface area contributed by atoms with Gasteiger partial charge < -0.3 is 19.5 Å². The summed E-state index contributed by atoms with van der Waals surface area (Å²) in [7, 11) is 0. The number of morpholine rings is 2. The molecule has 0 saturated carbocycles. The minimum Gasteiger partial charge on any atom is -0.508 e. The minimum absolute atomic E-state index is 0.160. The second-order valence-corrected chi connectivity index (χ2v) is 8.57. The lowest BCUT2D eigenvalue weighted by atomic mass is 10.1. The number of ether oxygens (including phenoxy) is 2. The Bertz CT molecular complexity index is 922. The molecular formula is C25H32FN3O4. The highest BCUT2D eigenvalue weighted by molar-refractivity contribution is 5.94. The van der Waals surface area contributed by atoms with Crippen molar-refractivity contribution in [2.45, 2.75) is 12.6 Å². The second-order valence-electron chi connectivity index (χ2n) is 8.57. The summed E-state index contributed by atoms with van der Waals surface area (Å²) in [4.78, 5) is 19.6. The van der Waals surface area contributed by atoms with Crippen molar-refractivity contribution in [3.63, 3.8) is 0 Å². The number of para-hydroxylation sites is 1. The lowest BCUT2D eigenvalue weighted by Gasteiger charge is -2.37. The van der Waals surface area contributed by atoms with Crippen LogP contribution in [-0.2, 0) is 16.0 Å². The summed E-state index contributed by atoms with van der Waals surface area (Å²) in [5.74, 6) is -0.324. The summed E-state index contributed by atoms with van der Waals surface area (Å²) in [5.41, 5.74) is 1.22. The molecule has 0 spiro atoms. The van der Waals surface area contributed by atoms with Gasteiger partial charge in [-0.3, -0.25) is 14.6 Å². The van der Waals surface area contributed by atoms with Gasteiger partial charge in [0.15, 0.2) is 0 Å². The Balaban J connectivity index is 1.41. The van der Waals surface area contributed by atoms with Gasteiger partial charge in [0.05, 0.1) is 25.9 Å². The third kappa shape index (κ3) is 6.74. The number of halogens is 1. The topological polar surface area (TPSA) is 65.5 Å². The smallest absolute Gasteiger partial charge is 0.254 e. The Hall–Kier alpha value is -2.52. The van der Waals surface area contributed by atoms with Crippen LogP contribution in [0.25, 0.3) is 0 Å². The third-order valence-corrected chi connectivity index (χ3v) is 6.18. The minimum atomic E-state index is -0.420. The molecule has 7 nitrogen and oxygen atoms in total. The summed E-state index contributed by atoms with van der Waals surface area (Å²) in [5, 5.41) is 10.1. The number of nitrogens with zero attached hydrogens (tertiary/aromatic N) is 3. The summed E-state index contributed by atoms with van der Waals surface area (Å²) in [6.45, 7) is 7.38. The van der Waals surface area contributed by atoms with Crippen LogP contribution < -0.4 is 0 Å². The maximum Gasteiger partial charge on any atom is 0.254 e. The molecule has 0 aromatic heterocycles. The molecule has 2 aliphatic heterocycles. The number of amides is 1. The standard InChI is InChI=1S/C25H32FN3O4/c26-22-6-3-5-20(16-22)25(31)29(9-8-27-10-13-32-14-11-27)19-23-18-28(12-15-33-23)17-21-4-1-2-7-24(21)30/h1-7,16,23,30H,8-15,17-19H2. The van der Waals surface area contributed by atoms with Crippen molar-refractivity contribution in [2.24, 2.45) is 0 Å². The van der Waals surface area contributed by atoms with Crippen LogP contribution in [0.5, 0.6) is 5.75 Å². The average Bonchev–Trinajstić information content (AvgIpc) is 2.84. The van der Waals surface area contributed by atoms with E-state index >= 15 is 0 Å². The van der Waals surface area contributed by atoms with Crippen molar-refractivity contribution >= 4 is 5.91 Å². The molecule has 1 atom stereocenters. The first-order valence-corrected chi connectivity index (χ1v) is 11.5. The molecule has 0 aliphatic carbocycles. The Morgan fingerprint density at radius 3 is 2.64 bits per heavy atom. The number of hydrogen-bond acceptors (Lipinski definition) is 6. The first-order chi connectivity index (χ1) is 16.1. The zero-order valence-electron chi connectivity index (χ0n) is 18.9. The van der Waals surface area contributed by atoms with E-state index in [1.54, 1.807) is 23.1 Å². The predicted octanol–water partition coefficient (Wildman–Crippen LogP) is 2.21. The molecular weight excluding hydrogens is 425 g/mol. The highest BCUT2D eigenvalue weighted by Gasteiger charge is 2.27. The average molecular weight is 458 g/mol. The molecule has 2 aromatic rings. The van der Waals surface area contributed by atoms with E-state index in [4.69, 9.17) is 9.47 Å². The molecule has 4 rings (SSSR count). The Morgan fingerprint density at radius 2 is 1.85 bits per heavy atom. The molecule has 2 aliphatic rings. The van der Waals surface area contributed by atoms with Crippen molar-refractivity contribution in [1.82, 2.24) is 14.7 Å². The van der Waals surface area contributed by atoms with Crippen LogP contribution in [0.4, 0.5) is 4.39 Å². The number of rotatable bonds is 8. The lowest BCUT2D eigenvalue weighted by Crippen LogP contribution is -2.50. The van der Waals surface area contributed by atoms with E-state index in [-0.39, 0.29) is 17.8 Å². The summed E-state index contributed by atoms with van der Waals surface area (Å²) < 4.78 is 25.2. The number of benzene rings is 2. The largest absolute Gasteiger partial charge is 0.508 e. The van der Waals surface area contributed by atoms with E-state index in [2.05, 4.69) is 9.80 Å². The number of carbonyl (C=O) groups is 1. The van der Waals surface area contributed by atoms with Gasteiger partial charge in [-0.1, -0.05) is 24.3 Å². The fourth-order valence-corrected chi connectivity index (χ4v) is 4.33. The monoisotopic (exact) mass is 457 g/mol. The molecule has 0 bridgehead atoms. The molecule has 33 heavy (non-hydrogen) atoms. The number of carbonyl (C=O) groups excluding carboxylic acids is 1. The van der Waals surface area contributed by atoms with Crippen molar-refractivity contribution in [1.29, 1.82) is 0 Å². The van der Waals surface area contributed by atoms with Crippen molar-refractivity contribution in [3.8, 4) is 5.75 Å². The molecule has 1 N–H and O–H groups in total. The van der Waals surface area contributed by atoms with E-state index in [0.717, 1.165) is 31.7 Å². The Labute approximate surface area is 194 Å². The highest BCUT2D eigenvalue weighted by atomic mass is 19.1. The van der Waals surface area contributed by atoms with Crippen LogP contribution in [0.2, 0.25) is 0 Å². The van der Waals surface area contributed by atoms with Crippen LogP contribution in [0.15, 0.2) is 48.5 Å². The van der Waals surface area contributed by atoms with Crippen LogP contribution in [0.1, 0.15) is 15.9 Å². The van der Waals surface area contributed by atoms with Gasteiger partial charge in [-0.2, -0.15) is 0 Å². The SMILES string of the molecule is O=C(c1cccc(F)c1)N(CCN1CCOCC1)CC1CN(Cc2ccccc2O)CCO1. The number of aromatic hydroxyl groups is 1. The van der Waals surface area contributed by atoms with E-state index in [1.807, 2.05) is 18.2 Å². The summed E-state index contributed by atoms with van der Waals surface area (Å²) in [6, 6.07) is 13.2. The highest BCUT2D eigenvalue weighted by Crippen LogP contribution is 2.20. The normalized spacial score (nSPS) is 20.0. The van der Waals surface area contributed by atoms with Gasteiger partial charge in [-0.05, 0) is 24.3 Å². The maximum atomic E-state index is 13.8. The van der Waals surface area contributed by atoms with E-state index < -0.39 is 5.82 Å². The predicted molar refractivity (Wildman–Crippen MR) is 123 cm³/mol. The zero-order chi connectivity index (χ0) is 23.0. The fraction of sp³-hybridized carbons (Fsp3) is 0.480. The molecule has 2 heterocycles. The molecule has 8 heteroatoms. The van der Waals surface area contributed by atoms with Gasteiger partial charge in [0.1, 0.15) is 11.6 Å².